The zero-order chi connectivity index (χ0) is 16.2. The molecule has 0 unspecified atom stereocenters. The number of aliphatic hydroxyl groups excluding tert-OH is 1. The fourth-order valence-corrected chi connectivity index (χ4v) is 3.08. The van der Waals surface area contributed by atoms with Gasteiger partial charge in [-0.1, -0.05) is 24.3 Å². The number of nitriles is 1. The van der Waals surface area contributed by atoms with E-state index in [0.717, 1.165) is 11.1 Å². The standard InChI is InChI=1S/C16H16N2O3S/c1-12-2-3-14(11-19)10-16(12)18-22(20,21)15-6-4-13(5-7-15)8-9-17/h2-7,10,18-19H,8,11H2,1H3. The highest BCUT2D eigenvalue weighted by Crippen LogP contribution is 2.21. The summed E-state index contributed by atoms with van der Waals surface area (Å²) in [7, 11) is -3.71. The van der Waals surface area contributed by atoms with Gasteiger partial charge < -0.3 is 5.11 Å². The second kappa shape index (κ2) is 6.60. The third kappa shape index (κ3) is 3.64. The summed E-state index contributed by atoms with van der Waals surface area (Å²) in [5, 5.41) is 17.8. The molecule has 0 saturated heterocycles. The van der Waals surface area contributed by atoms with Crippen molar-refractivity contribution in [3.05, 3.63) is 59.2 Å². The molecule has 0 aliphatic rings. The average Bonchev–Trinajstić information content (AvgIpc) is 2.50. The lowest BCUT2D eigenvalue weighted by atomic mass is 10.1. The van der Waals surface area contributed by atoms with Crippen LogP contribution in [0, 0.1) is 18.3 Å². The van der Waals surface area contributed by atoms with E-state index in [0.29, 0.717) is 11.3 Å². The summed E-state index contributed by atoms with van der Waals surface area (Å²) in [6.07, 6.45) is 0.241. The second-order valence-electron chi connectivity index (χ2n) is 4.89. The van der Waals surface area contributed by atoms with Gasteiger partial charge in [0.1, 0.15) is 0 Å². The van der Waals surface area contributed by atoms with Gasteiger partial charge in [-0.2, -0.15) is 5.26 Å². The van der Waals surface area contributed by atoms with Crippen LogP contribution in [-0.4, -0.2) is 13.5 Å². The van der Waals surface area contributed by atoms with Crippen molar-refractivity contribution in [1.29, 1.82) is 5.26 Å². The van der Waals surface area contributed by atoms with Gasteiger partial charge in [-0.25, -0.2) is 8.42 Å². The molecule has 0 atom stereocenters. The third-order valence-electron chi connectivity index (χ3n) is 3.25. The number of sulfonamides is 1. The molecule has 0 fully saturated rings. The van der Waals surface area contributed by atoms with Crippen LogP contribution < -0.4 is 4.72 Å². The Labute approximate surface area is 129 Å². The Hall–Kier alpha value is -2.36. The maximum Gasteiger partial charge on any atom is 0.261 e. The number of anilines is 1. The third-order valence-corrected chi connectivity index (χ3v) is 4.63. The van der Waals surface area contributed by atoms with Crippen LogP contribution in [-0.2, 0) is 23.1 Å². The predicted octanol–water partition coefficient (Wildman–Crippen LogP) is 2.35. The lowest BCUT2D eigenvalue weighted by Gasteiger charge is -2.12. The van der Waals surface area contributed by atoms with Crippen molar-refractivity contribution in [2.24, 2.45) is 0 Å². The lowest BCUT2D eigenvalue weighted by molar-refractivity contribution is 0.282. The summed E-state index contributed by atoms with van der Waals surface area (Å²) in [6, 6.07) is 13.3. The smallest absolute Gasteiger partial charge is 0.261 e. The quantitative estimate of drug-likeness (QED) is 0.886. The summed E-state index contributed by atoms with van der Waals surface area (Å²) in [5.41, 5.74) is 2.60. The van der Waals surface area contributed by atoms with Gasteiger partial charge in [0, 0.05) is 0 Å². The van der Waals surface area contributed by atoms with Crippen molar-refractivity contribution in [2.75, 3.05) is 4.72 Å². The van der Waals surface area contributed by atoms with Crippen LogP contribution in [0.25, 0.3) is 0 Å². The summed E-state index contributed by atoms with van der Waals surface area (Å²) >= 11 is 0. The van der Waals surface area contributed by atoms with Gasteiger partial charge in [0.15, 0.2) is 0 Å². The van der Waals surface area contributed by atoms with Gasteiger partial charge in [-0.3, -0.25) is 4.72 Å². The zero-order valence-corrected chi connectivity index (χ0v) is 12.9. The molecule has 2 N–H and O–H groups in total. The SMILES string of the molecule is Cc1ccc(CO)cc1NS(=O)(=O)c1ccc(CC#N)cc1. The fraction of sp³-hybridized carbons (Fsp3) is 0.188. The number of hydrogen-bond donors (Lipinski definition) is 2. The summed E-state index contributed by atoms with van der Waals surface area (Å²) in [5.74, 6) is 0. The molecule has 2 aromatic rings. The Morgan fingerprint density at radius 3 is 2.36 bits per heavy atom. The first kappa shape index (κ1) is 16.0. The minimum absolute atomic E-state index is 0.128. The topological polar surface area (TPSA) is 90.2 Å². The van der Waals surface area contributed by atoms with Gasteiger partial charge in [0.25, 0.3) is 10.0 Å². The Kier molecular flexibility index (Phi) is 4.81. The van der Waals surface area contributed by atoms with Crippen molar-refractivity contribution in [3.63, 3.8) is 0 Å². The highest BCUT2D eigenvalue weighted by molar-refractivity contribution is 7.92. The van der Waals surface area contributed by atoms with E-state index in [1.54, 1.807) is 37.3 Å². The number of aryl methyl sites for hydroxylation is 1. The van der Waals surface area contributed by atoms with E-state index in [2.05, 4.69) is 4.72 Å². The summed E-state index contributed by atoms with van der Waals surface area (Å²) in [4.78, 5) is 0.128. The van der Waals surface area contributed by atoms with Crippen LogP contribution in [0.4, 0.5) is 5.69 Å². The molecule has 0 spiro atoms. The highest BCUT2D eigenvalue weighted by atomic mass is 32.2. The monoisotopic (exact) mass is 316 g/mol. The number of nitrogens with zero attached hydrogens (tertiary/aromatic N) is 1. The first-order chi connectivity index (χ1) is 10.5. The van der Waals surface area contributed by atoms with E-state index in [4.69, 9.17) is 10.4 Å². The zero-order valence-electron chi connectivity index (χ0n) is 12.1. The van der Waals surface area contributed by atoms with E-state index < -0.39 is 10.0 Å². The molecule has 6 heteroatoms. The lowest BCUT2D eigenvalue weighted by Crippen LogP contribution is -2.14. The van der Waals surface area contributed by atoms with Crippen molar-refractivity contribution >= 4 is 15.7 Å². The largest absolute Gasteiger partial charge is 0.392 e. The van der Waals surface area contributed by atoms with Crippen LogP contribution in [0.5, 0.6) is 0 Å². The number of nitrogens with one attached hydrogen (secondary N) is 1. The molecule has 0 saturated carbocycles. The van der Waals surface area contributed by atoms with Crippen LogP contribution in [0.2, 0.25) is 0 Å². The molecule has 114 valence electrons. The van der Waals surface area contributed by atoms with E-state index in [9.17, 15) is 8.42 Å². The maximum absolute atomic E-state index is 12.4. The van der Waals surface area contributed by atoms with Gasteiger partial charge in [0.2, 0.25) is 0 Å². The molecule has 0 aromatic heterocycles. The first-order valence-corrected chi connectivity index (χ1v) is 8.13. The van der Waals surface area contributed by atoms with Gasteiger partial charge >= 0.3 is 0 Å². The average molecular weight is 316 g/mol. The number of rotatable bonds is 5. The van der Waals surface area contributed by atoms with E-state index in [1.807, 2.05) is 6.07 Å². The molecule has 0 aliphatic carbocycles. The molecule has 0 aliphatic heterocycles. The minimum atomic E-state index is -3.71. The maximum atomic E-state index is 12.4. The van der Waals surface area contributed by atoms with E-state index in [1.165, 1.54) is 12.1 Å². The van der Waals surface area contributed by atoms with Crippen molar-refractivity contribution in [1.82, 2.24) is 0 Å². The molecular weight excluding hydrogens is 300 g/mol. The van der Waals surface area contributed by atoms with E-state index in [-0.39, 0.29) is 17.9 Å². The Balaban J connectivity index is 2.29. The van der Waals surface area contributed by atoms with Gasteiger partial charge in [-0.05, 0) is 41.8 Å². The number of benzene rings is 2. The normalized spacial score (nSPS) is 11.0. The van der Waals surface area contributed by atoms with Crippen molar-refractivity contribution in [2.45, 2.75) is 24.8 Å². The Morgan fingerprint density at radius 1 is 1.14 bits per heavy atom. The van der Waals surface area contributed by atoms with Crippen molar-refractivity contribution < 1.29 is 13.5 Å². The van der Waals surface area contributed by atoms with Crippen molar-refractivity contribution in [3.8, 4) is 6.07 Å². The van der Waals surface area contributed by atoms with Crippen LogP contribution in [0.15, 0.2) is 47.4 Å². The van der Waals surface area contributed by atoms with E-state index >= 15 is 0 Å². The summed E-state index contributed by atoms with van der Waals surface area (Å²) < 4.78 is 27.3. The fourth-order valence-electron chi connectivity index (χ4n) is 1.96. The molecule has 2 rings (SSSR count). The van der Waals surface area contributed by atoms with Gasteiger partial charge in [-0.15, -0.1) is 0 Å². The van der Waals surface area contributed by atoms with Crippen LogP contribution >= 0.6 is 0 Å². The predicted molar refractivity (Wildman–Crippen MR) is 83.7 cm³/mol. The number of aliphatic hydroxyl groups is 1. The molecule has 0 radical (unpaired) electrons. The first-order valence-electron chi connectivity index (χ1n) is 6.65. The molecule has 5 nitrogen and oxygen atoms in total. The highest BCUT2D eigenvalue weighted by Gasteiger charge is 2.15. The molecule has 0 heterocycles. The van der Waals surface area contributed by atoms with Crippen LogP contribution in [0.3, 0.4) is 0 Å². The summed E-state index contributed by atoms with van der Waals surface area (Å²) in [6.45, 7) is 1.63. The molecular formula is C16H16N2O3S. The molecule has 0 amide bonds. The Morgan fingerprint density at radius 2 is 1.77 bits per heavy atom. The molecule has 0 bridgehead atoms. The second-order valence-corrected chi connectivity index (χ2v) is 6.57. The molecule has 2 aromatic carbocycles. The number of hydrogen-bond acceptors (Lipinski definition) is 4. The van der Waals surface area contributed by atoms with Crippen LogP contribution in [0.1, 0.15) is 16.7 Å². The minimum Gasteiger partial charge on any atom is -0.392 e. The molecule has 22 heavy (non-hydrogen) atoms. The van der Waals surface area contributed by atoms with Gasteiger partial charge in [0.05, 0.1) is 29.7 Å². The Bertz CT molecular complexity index is 806.